The molecule has 0 saturated heterocycles. The maximum atomic E-state index is 13.5. The fourth-order valence-corrected chi connectivity index (χ4v) is 8.61. The van der Waals surface area contributed by atoms with Gasteiger partial charge < -0.3 is 9.64 Å². The molecule has 0 radical (unpaired) electrons. The summed E-state index contributed by atoms with van der Waals surface area (Å²) in [6, 6.07) is 4.20. The molecule has 1 aromatic rings. The van der Waals surface area contributed by atoms with Gasteiger partial charge in [-0.3, -0.25) is 4.18 Å². The zero-order valence-electron chi connectivity index (χ0n) is 20.6. The number of aryl methyl sites for hydroxylation is 2. The lowest BCUT2D eigenvalue weighted by Crippen LogP contribution is -2.50. The summed E-state index contributed by atoms with van der Waals surface area (Å²) in [6.45, 7) is 3.75. The first-order valence-electron chi connectivity index (χ1n) is 11.9. The van der Waals surface area contributed by atoms with Gasteiger partial charge in [-0.15, -0.1) is 0 Å². The summed E-state index contributed by atoms with van der Waals surface area (Å²) in [6.07, 6.45) is 14.6. The Morgan fingerprint density at radius 2 is 1.39 bits per heavy atom. The molecule has 2 aliphatic rings. The molecule has 188 valence electrons. The van der Waals surface area contributed by atoms with Gasteiger partial charge in [0.2, 0.25) is 0 Å². The minimum Gasteiger partial charge on any atom is -0.410 e. The molecule has 2 fully saturated rings. The normalized spacial score (nSPS) is 19.3. The van der Waals surface area contributed by atoms with E-state index in [1.54, 1.807) is 12.5 Å². The van der Waals surface area contributed by atoms with Crippen LogP contribution in [-0.2, 0) is 18.2 Å². The lowest BCUT2D eigenvalue weighted by atomic mass is 9.89. The number of benzene rings is 1. The van der Waals surface area contributed by atoms with E-state index >= 15 is 0 Å². The molecular weight excluding hydrogens is 462 g/mol. The number of amides is 1. The van der Waals surface area contributed by atoms with Gasteiger partial charge in [0.25, 0.3) is 0 Å². The average molecular weight is 502 g/mol. The quantitative estimate of drug-likeness (QED) is 0.455. The highest BCUT2D eigenvalue weighted by atomic mass is 32.3. The lowest BCUT2D eigenvalue weighted by Gasteiger charge is -2.40. The molecule has 0 N–H and O–H groups in total. The van der Waals surface area contributed by atoms with Crippen LogP contribution in [0.1, 0.15) is 75.3 Å². The standard InChI is InChI=1S/C24H39NO6S2/c1-18-17-23(32(4,5)31-33(27,28)29-3)19(2)16-22(18)30-24(26)25(20-12-8-6-9-13-20)21-14-10-7-11-15-21/h16-17,20-21H,6-15H2,1-5H3. The SMILES string of the molecule is COS(=O)(=O)OS(C)(C)c1cc(C)c(OC(=O)N(C2CCCCC2)C2CCCCC2)cc1C. The Morgan fingerprint density at radius 1 is 0.879 bits per heavy atom. The highest BCUT2D eigenvalue weighted by Crippen LogP contribution is 2.54. The second-order valence-corrected chi connectivity index (χ2v) is 14.2. The summed E-state index contributed by atoms with van der Waals surface area (Å²) in [7, 11) is -5.14. The summed E-state index contributed by atoms with van der Waals surface area (Å²) < 4.78 is 39.6. The van der Waals surface area contributed by atoms with Gasteiger partial charge in [-0.05, 0) is 75.3 Å². The van der Waals surface area contributed by atoms with Crippen LogP contribution in [0.5, 0.6) is 5.75 Å². The summed E-state index contributed by atoms with van der Waals surface area (Å²) in [5, 5.41) is 0. The van der Waals surface area contributed by atoms with E-state index < -0.39 is 20.7 Å². The largest absolute Gasteiger partial charge is 0.415 e. The van der Waals surface area contributed by atoms with Crippen LogP contribution in [0.25, 0.3) is 0 Å². The molecule has 0 unspecified atom stereocenters. The predicted octanol–water partition coefficient (Wildman–Crippen LogP) is 6.02. The molecule has 0 aliphatic heterocycles. The van der Waals surface area contributed by atoms with Crippen molar-refractivity contribution in [2.75, 3.05) is 19.6 Å². The monoisotopic (exact) mass is 501 g/mol. The van der Waals surface area contributed by atoms with Crippen molar-refractivity contribution < 1.29 is 25.8 Å². The molecule has 2 saturated carbocycles. The average Bonchev–Trinajstić information content (AvgIpc) is 2.77. The van der Waals surface area contributed by atoms with Crippen LogP contribution in [0.15, 0.2) is 17.0 Å². The van der Waals surface area contributed by atoms with Crippen LogP contribution in [0.4, 0.5) is 4.79 Å². The van der Waals surface area contributed by atoms with Gasteiger partial charge in [-0.1, -0.05) is 48.8 Å². The highest BCUT2D eigenvalue weighted by molar-refractivity contribution is 8.31. The van der Waals surface area contributed by atoms with E-state index in [2.05, 4.69) is 4.18 Å². The molecule has 0 heterocycles. The molecule has 0 bridgehead atoms. The maximum Gasteiger partial charge on any atom is 0.415 e. The Morgan fingerprint density at radius 3 is 1.88 bits per heavy atom. The third-order valence-corrected chi connectivity index (χ3v) is 10.7. The van der Waals surface area contributed by atoms with Crippen molar-refractivity contribution in [1.82, 2.24) is 4.90 Å². The molecule has 0 spiro atoms. The fraction of sp³-hybridized carbons (Fsp3) is 0.708. The Kier molecular flexibility index (Phi) is 8.75. The van der Waals surface area contributed by atoms with E-state index in [0.717, 1.165) is 74.5 Å². The lowest BCUT2D eigenvalue weighted by molar-refractivity contribution is 0.0754. The molecule has 1 aromatic carbocycles. The second kappa shape index (κ2) is 11.0. The predicted molar refractivity (Wildman–Crippen MR) is 132 cm³/mol. The van der Waals surface area contributed by atoms with Crippen LogP contribution in [0, 0.1) is 13.8 Å². The molecule has 2 aliphatic carbocycles. The smallest absolute Gasteiger partial charge is 0.410 e. The summed E-state index contributed by atoms with van der Waals surface area (Å²) in [5.74, 6) is 0.516. The van der Waals surface area contributed by atoms with Crippen molar-refractivity contribution in [3.05, 3.63) is 23.3 Å². The number of carbonyl (C=O) groups is 1. The van der Waals surface area contributed by atoms with E-state index in [9.17, 15) is 13.2 Å². The van der Waals surface area contributed by atoms with Gasteiger partial charge in [-0.2, -0.15) is 12.0 Å². The third kappa shape index (κ3) is 6.65. The van der Waals surface area contributed by atoms with E-state index in [1.807, 2.05) is 30.9 Å². The highest BCUT2D eigenvalue weighted by Gasteiger charge is 2.34. The Labute approximate surface area is 201 Å². The molecule has 3 rings (SSSR count). The second-order valence-electron chi connectivity index (χ2n) is 9.62. The zero-order chi connectivity index (χ0) is 24.2. The van der Waals surface area contributed by atoms with Crippen LogP contribution in [0.3, 0.4) is 0 Å². The van der Waals surface area contributed by atoms with Crippen LogP contribution >= 0.6 is 10.3 Å². The number of nitrogens with zero attached hydrogens (tertiary/aromatic N) is 1. The minimum atomic E-state index is -4.08. The Hall–Kier alpha value is -1.29. The van der Waals surface area contributed by atoms with Gasteiger partial charge in [0.15, 0.2) is 0 Å². The van der Waals surface area contributed by atoms with E-state index in [-0.39, 0.29) is 18.2 Å². The molecule has 1 amide bonds. The van der Waals surface area contributed by atoms with Crippen molar-refractivity contribution in [3.8, 4) is 5.75 Å². The first-order valence-corrected chi connectivity index (χ1v) is 15.6. The zero-order valence-corrected chi connectivity index (χ0v) is 22.2. The van der Waals surface area contributed by atoms with Crippen molar-refractivity contribution in [2.45, 2.75) is 95.0 Å². The molecule has 7 nitrogen and oxygen atoms in total. The van der Waals surface area contributed by atoms with Crippen molar-refractivity contribution in [1.29, 1.82) is 0 Å². The molecule has 0 aromatic heterocycles. The summed E-state index contributed by atoms with van der Waals surface area (Å²) in [5.41, 5.74) is 1.59. The van der Waals surface area contributed by atoms with E-state index in [1.165, 1.54) is 12.8 Å². The van der Waals surface area contributed by atoms with E-state index in [4.69, 9.17) is 8.37 Å². The van der Waals surface area contributed by atoms with Gasteiger partial charge >= 0.3 is 16.5 Å². The molecular formula is C24H39NO6S2. The van der Waals surface area contributed by atoms with Crippen LogP contribution in [0.2, 0.25) is 0 Å². The van der Waals surface area contributed by atoms with Gasteiger partial charge in [0.05, 0.1) is 7.11 Å². The first-order chi connectivity index (χ1) is 15.5. The van der Waals surface area contributed by atoms with Crippen LogP contribution < -0.4 is 4.74 Å². The number of hydrogen-bond acceptors (Lipinski definition) is 6. The third-order valence-electron chi connectivity index (χ3n) is 6.80. The van der Waals surface area contributed by atoms with Gasteiger partial charge in [0.1, 0.15) is 5.75 Å². The Bertz CT molecular complexity index is 917. The number of carbonyl (C=O) groups excluding carboxylic acids is 1. The number of rotatable bonds is 7. The summed E-state index contributed by atoms with van der Waals surface area (Å²) in [4.78, 5) is 16.3. The van der Waals surface area contributed by atoms with Crippen LogP contribution in [-0.4, -0.2) is 51.1 Å². The van der Waals surface area contributed by atoms with Crippen molar-refractivity contribution in [2.24, 2.45) is 0 Å². The fourth-order valence-electron chi connectivity index (χ4n) is 5.14. The molecule has 33 heavy (non-hydrogen) atoms. The molecule has 9 heteroatoms. The minimum absolute atomic E-state index is 0.256. The topological polar surface area (TPSA) is 82.1 Å². The van der Waals surface area contributed by atoms with Crippen molar-refractivity contribution in [3.63, 3.8) is 0 Å². The number of ether oxygens (including phenoxy) is 1. The van der Waals surface area contributed by atoms with Gasteiger partial charge in [0, 0.05) is 17.0 Å². The maximum absolute atomic E-state index is 13.5. The molecule has 0 atom stereocenters. The van der Waals surface area contributed by atoms with Gasteiger partial charge in [-0.25, -0.2) is 4.79 Å². The van der Waals surface area contributed by atoms with Crippen molar-refractivity contribution >= 4 is 26.8 Å². The Balaban J connectivity index is 1.83. The van der Waals surface area contributed by atoms with E-state index in [0.29, 0.717) is 5.75 Å². The summed E-state index contributed by atoms with van der Waals surface area (Å²) >= 11 is 0. The number of hydrogen-bond donors (Lipinski definition) is 0. The first kappa shape index (κ1) is 26.3.